The maximum absolute atomic E-state index is 12.3. The molecule has 0 radical (unpaired) electrons. The zero-order chi connectivity index (χ0) is 17.7. The van der Waals surface area contributed by atoms with Gasteiger partial charge in [-0.25, -0.2) is 4.79 Å². The van der Waals surface area contributed by atoms with Crippen molar-refractivity contribution in [3.8, 4) is 11.8 Å². The molecule has 1 amide bonds. The van der Waals surface area contributed by atoms with E-state index >= 15 is 0 Å². The fourth-order valence-corrected chi connectivity index (χ4v) is 3.01. The number of aromatic hydroxyl groups is 1. The van der Waals surface area contributed by atoms with Gasteiger partial charge in [-0.15, -0.1) is 0 Å². The predicted octanol–water partition coefficient (Wildman–Crippen LogP) is 2.54. The molecule has 24 heavy (non-hydrogen) atoms. The number of esters is 1. The van der Waals surface area contributed by atoms with Crippen LogP contribution in [0.2, 0.25) is 0 Å². The van der Waals surface area contributed by atoms with Gasteiger partial charge < -0.3 is 14.7 Å². The first-order chi connectivity index (χ1) is 11.4. The van der Waals surface area contributed by atoms with Crippen molar-refractivity contribution < 1.29 is 19.4 Å². The van der Waals surface area contributed by atoms with E-state index in [0.717, 1.165) is 24.8 Å². The normalized spacial score (nSPS) is 16.0. The maximum atomic E-state index is 12.3. The molecule has 1 aromatic rings. The smallest absolute Gasteiger partial charge is 0.342 e. The van der Waals surface area contributed by atoms with E-state index in [1.54, 1.807) is 20.0 Å². The Morgan fingerprint density at radius 3 is 2.58 bits per heavy atom. The van der Waals surface area contributed by atoms with E-state index in [9.17, 15) is 20.0 Å². The molecule has 0 bridgehead atoms. The van der Waals surface area contributed by atoms with Crippen LogP contribution >= 0.6 is 0 Å². The number of likely N-dealkylation sites (N-methyl/N-ethyl adjacent to an activating group) is 1. The molecule has 0 aromatic heterocycles. The van der Waals surface area contributed by atoms with Crippen molar-refractivity contribution in [2.75, 3.05) is 13.7 Å². The number of benzene rings is 1. The fraction of sp³-hybridized carbons (Fsp3) is 0.500. The number of amides is 1. The van der Waals surface area contributed by atoms with Gasteiger partial charge in [0, 0.05) is 7.05 Å². The third kappa shape index (κ3) is 3.67. The summed E-state index contributed by atoms with van der Waals surface area (Å²) in [5, 5.41) is 19.3. The van der Waals surface area contributed by atoms with Crippen LogP contribution in [0, 0.1) is 18.3 Å². The number of phenolic OH excluding ortho intramolecular Hbond substituents is 1. The second kappa shape index (κ2) is 7.35. The third-order valence-corrected chi connectivity index (χ3v) is 4.60. The number of carbonyl (C=O) groups is 2. The number of carbonyl (C=O) groups excluding carboxylic acids is 2. The lowest BCUT2D eigenvalue weighted by Gasteiger charge is -2.38. The number of rotatable bonds is 4. The first kappa shape index (κ1) is 17.8. The lowest BCUT2D eigenvalue weighted by atomic mass is 9.81. The molecule has 1 aliphatic rings. The summed E-state index contributed by atoms with van der Waals surface area (Å²) in [6, 6.07) is 6.85. The zero-order valence-electron chi connectivity index (χ0n) is 14.0. The number of hydrogen-bond donors (Lipinski definition) is 1. The van der Waals surface area contributed by atoms with E-state index in [-0.39, 0.29) is 11.3 Å². The molecule has 0 spiro atoms. The Balaban J connectivity index is 1.99. The van der Waals surface area contributed by atoms with Crippen LogP contribution in [0.4, 0.5) is 0 Å². The Morgan fingerprint density at radius 2 is 2.00 bits per heavy atom. The summed E-state index contributed by atoms with van der Waals surface area (Å²) in [5.41, 5.74) is 0.0186. The molecule has 0 atom stereocenters. The van der Waals surface area contributed by atoms with Crippen molar-refractivity contribution >= 4 is 11.9 Å². The molecule has 0 aliphatic heterocycles. The molecule has 1 N–H and O–H groups in total. The summed E-state index contributed by atoms with van der Waals surface area (Å²) in [5.74, 6) is -1.36. The molecular weight excluding hydrogens is 308 g/mol. The molecule has 0 unspecified atom stereocenters. The first-order valence-electron chi connectivity index (χ1n) is 8.04. The molecule has 1 fully saturated rings. The maximum Gasteiger partial charge on any atom is 0.342 e. The Bertz CT molecular complexity index is 672. The second-order valence-electron chi connectivity index (χ2n) is 6.25. The standard InChI is InChI=1S/C18H22N2O4/c1-13-6-7-14(15(21)10-13)17(23)24-11-16(22)20(2)18(12-19)8-4-3-5-9-18/h6-7,10,21H,3-5,8-9,11H2,1-2H3. The van der Waals surface area contributed by atoms with Gasteiger partial charge in [-0.2, -0.15) is 5.26 Å². The quantitative estimate of drug-likeness (QED) is 0.857. The van der Waals surface area contributed by atoms with Crippen molar-refractivity contribution in [2.24, 2.45) is 0 Å². The van der Waals surface area contributed by atoms with E-state index < -0.39 is 24.0 Å². The lowest BCUT2D eigenvalue weighted by Crippen LogP contribution is -2.51. The highest BCUT2D eigenvalue weighted by molar-refractivity contribution is 5.94. The molecule has 6 nitrogen and oxygen atoms in total. The van der Waals surface area contributed by atoms with Crippen LogP contribution in [0.1, 0.15) is 48.0 Å². The van der Waals surface area contributed by atoms with Gasteiger partial charge in [0.25, 0.3) is 5.91 Å². The minimum Gasteiger partial charge on any atom is -0.507 e. The summed E-state index contributed by atoms with van der Waals surface area (Å²) < 4.78 is 5.01. The molecule has 1 aromatic carbocycles. The largest absolute Gasteiger partial charge is 0.507 e. The second-order valence-corrected chi connectivity index (χ2v) is 6.25. The summed E-state index contributed by atoms with van der Waals surface area (Å²) in [7, 11) is 1.58. The molecule has 0 saturated heterocycles. The number of nitriles is 1. The van der Waals surface area contributed by atoms with E-state index in [1.165, 1.54) is 17.0 Å². The average molecular weight is 330 g/mol. The van der Waals surface area contributed by atoms with Crippen molar-refractivity contribution in [1.29, 1.82) is 5.26 Å². The van der Waals surface area contributed by atoms with E-state index in [2.05, 4.69) is 6.07 Å². The topological polar surface area (TPSA) is 90.6 Å². The summed E-state index contributed by atoms with van der Waals surface area (Å²) >= 11 is 0. The van der Waals surface area contributed by atoms with Crippen LogP contribution < -0.4 is 0 Å². The van der Waals surface area contributed by atoms with Gasteiger partial charge in [0.2, 0.25) is 0 Å². The first-order valence-corrected chi connectivity index (χ1v) is 8.04. The highest BCUT2D eigenvalue weighted by atomic mass is 16.5. The Hall–Kier alpha value is -2.55. The van der Waals surface area contributed by atoms with Gasteiger partial charge in [0.1, 0.15) is 16.9 Å². The van der Waals surface area contributed by atoms with Crippen molar-refractivity contribution in [3.05, 3.63) is 29.3 Å². The van der Waals surface area contributed by atoms with Crippen molar-refractivity contribution in [2.45, 2.75) is 44.6 Å². The van der Waals surface area contributed by atoms with Gasteiger partial charge in [-0.3, -0.25) is 4.79 Å². The van der Waals surface area contributed by atoms with Crippen molar-refractivity contribution in [1.82, 2.24) is 4.90 Å². The zero-order valence-corrected chi connectivity index (χ0v) is 14.0. The summed E-state index contributed by atoms with van der Waals surface area (Å²) in [6.45, 7) is 1.34. The number of hydrogen-bond acceptors (Lipinski definition) is 5. The number of ether oxygens (including phenoxy) is 1. The molecule has 1 saturated carbocycles. The molecule has 6 heteroatoms. The monoisotopic (exact) mass is 330 g/mol. The SMILES string of the molecule is Cc1ccc(C(=O)OCC(=O)N(C)C2(C#N)CCCCC2)c(O)c1. The van der Waals surface area contributed by atoms with Crippen molar-refractivity contribution in [3.63, 3.8) is 0 Å². The summed E-state index contributed by atoms with van der Waals surface area (Å²) in [4.78, 5) is 25.7. The summed E-state index contributed by atoms with van der Waals surface area (Å²) in [6.07, 6.45) is 4.15. The van der Waals surface area contributed by atoms with Crippen LogP contribution in [0.3, 0.4) is 0 Å². The van der Waals surface area contributed by atoms with Gasteiger partial charge in [0.05, 0.1) is 6.07 Å². The van der Waals surface area contributed by atoms with E-state index in [0.29, 0.717) is 12.8 Å². The highest BCUT2D eigenvalue weighted by Crippen LogP contribution is 2.32. The molecule has 128 valence electrons. The Kier molecular flexibility index (Phi) is 5.45. The van der Waals surface area contributed by atoms with Gasteiger partial charge in [-0.1, -0.05) is 25.3 Å². The van der Waals surface area contributed by atoms with E-state index in [1.807, 2.05) is 0 Å². The highest BCUT2D eigenvalue weighted by Gasteiger charge is 2.39. The van der Waals surface area contributed by atoms with Gasteiger partial charge in [0.15, 0.2) is 6.61 Å². The third-order valence-electron chi connectivity index (χ3n) is 4.60. The average Bonchev–Trinajstić information content (AvgIpc) is 2.59. The molecule has 2 rings (SSSR count). The van der Waals surface area contributed by atoms with Crippen LogP contribution in [0.5, 0.6) is 5.75 Å². The van der Waals surface area contributed by atoms with Gasteiger partial charge in [-0.05, 0) is 37.5 Å². The number of phenols is 1. The van der Waals surface area contributed by atoms with Crippen LogP contribution in [0.25, 0.3) is 0 Å². The number of aryl methyl sites for hydroxylation is 1. The van der Waals surface area contributed by atoms with Crippen LogP contribution in [-0.2, 0) is 9.53 Å². The van der Waals surface area contributed by atoms with Crippen LogP contribution in [-0.4, -0.2) is 41.1 Å². The molecule has 0 heterocycles. The lowest BCUT2D eigenvalue weighted by molar-refractivity contribution is -0.138. The fourth-order valence-electron chi connectivity index (χ4n) is 3.01. The Labute approximate surface area is 141 Å². The molecular formula is C18H22N2O4. The minimum absolute atomic E-state index is 0.0173. The van der Waals surface area contributed by atoms with Gasteiger partial charge >= 0.3 is 5.97 Å². The predicted molar refractivity (Wildman–Crippen MR) is 87.3 cm³/mol. The van der Waals surface area contributed by atoms with E-state index in [4.69, 9.17) is 4.74 Å². The minimum atomic E-state index is -0.812. The number of nitrogens with zero attached hydrogens (tertiary/aromatic N) is 2. The Morgan fingerprint density at radius 1 is 1.33 bits per heavy atom. The van der Waals surface area contributed by atoms with Crippen LogP contribution in [0.15, 0.2) is 18.2 Å². The molecule has 1 aliphatic carbocycles.